The van der Waals surface area contributed by atoms with Crippen LogP contribution in [0, 0.1) is 0 Å². The second kappa shape index (κ2) is 9.51. The third-order valence-electron chi connectivity index (χ3n) is 3.94. The molecule has 1 aromatic carbocycles. The Bertz CT molecular complexity index is 745. The number of carbonyl (C=O) groups excluding carboxylic acids is 2. The fourth-order valence-electron chi connectivity index (χ4n) is 2.56. The van der Waals surface area contributed by atoms with Crippen molar-refractivity contribution >= 4 is 11.9 Å². The summed E-state index contributed by atoms with van der Waals surface area (Å²) in [6.45, 7) is 0.377. The van der Waals surface area contributed by atoms with E-state index in [1.54, 1.807) is 24.3 Å². The Morgan fingerprint density at radius 3 is 2.19 bits per heavy atom. The monoisotopic (exact) mass is 377 g/mol. The molecule has 0 aliphatic carbocycles. The normalized spacial score (nSPS) is 10.2. The minimum absolute atomic E-state index is 0.0629. The second-order valence-corrected chi connectivity index (χ2v) is 5.55. The van der Waals surface area contributed by atoms with Crippen LogP contribution in [0.4, 0.5) is 0 Å². The van der Waals surface area contributed by atoms with Gasteiger partial charge in [-0.05, 0) is 24.3 Å². The van der Waals surface area contributed by atoms with Crippen molar-refractivity contribution in [1.82, 2.24) is 4.90 Å². The van der Waals surface area contributed by atoms with Gasteiger partial charge in [0.25, 0.3) is 5.91 Å². The van der Waals surface area contributed by atoms with E-state index in [1.807, 2.05) is 0 Å². The van der Waals surface area contributed by atoms with Crippen molar-refractivity contribution in [2.24, 2.45) is 0 Å². The third kappa shape index (κ3) is 4.93. The summed E-state index contributed by atoms with van der Waals surface area (Å²) in [7, 11) is 5.74. The smallest absolute Gasteiger partial charge is 0.307 e. The second-order valence-electron chi connectivity index (χ2n) is 5.55. The van der Waals surface area contributed by atoms with Crippen LogP contribution in [-0.2, 0) is 16.1 Å². The van der Waals surface area contributed by atoms with Gasteiger partial charge in [0.1, 0.15) is 5.76 Å². The van der Waals surface area contributed by atoms with Crippen molar-refractivity contribution in [2.75, 3.05) is 35.0 Å². The van der Waals surface area contributed by atoms with Gasteiger partial charge in [-0.1, -0.05) is 0 Å². The zero-order valence-corrected chi connectivity index (χ0v) is 15.8. The standard InChI is InChI=1S/C19H23NO7/c1-23-15-10-13(11-16(24-2)18(15)26-4)19(22)20(8-7-17(21)25-3)12-14-6-5-9-27-14/h5-6,9-11H,7-8,12H2,1-4H3. The highest BCUT2D eigenvalue weighted by atomic mass is 16.5. The molecule has 27 heavy (non-hydrogen) atoms. The minimum atomic E-state index is -0.405. The van der Waals surface area contributed by atoms with Crippen LogP contribution in [0.5, 0.6) is 17.2 Å². The van der Waals surface area contributed by atoms with Crippen molar-refractivity contribution in [3.8, 4) is 17.2 Å². The average Bonchev–Trinajstić information content (AvgIpc) is 3.22. The molecule has 0 atom stereocenters. The quantitative estimate of drug-likeness (QED) is 0.621. The maximum Gasteiger partial charge on any atom is 0.307 e. The lowest BCUT2D eigenvalue weighted by atomic mass is 10.1. The van der Waals surface area contributed by atoms with E-state index >= 15 is 0 Å². The van der Waals surface area contributed by atoms with Crippen LogP contribution in [0.3, 0.4) is 0 Å². The number of hydrogen-bond donors (Lipinski definition) is 0. The first-order valence-electron chi connectivity index (χ1n) is 8.22. The summed E-state index contributed by atoms with van der Waals surface area (Å²) in [5.41, 5.74) is 0.334. The highest BCUT2D eigenvalue weighted by Crippen LogP contribution is 2.38. The molecule has 2 aromatic rings. The van der Waals surface area contributed by atoms with Crippen molar-refractivity contribution in [3.05, 3.63) is 41.9 Å². The van der Waals surface area contributed by atoms with E-state index in [4.69, 9.17) is 18.6 Å². The molecule has 1 heterocycles. The summed E-state index contributed by atoms with van der Waals surface area (Å²) in [5, 5.41) is 0. The molecule has 0 aliphatic rings. The van der Waals surface area contributed by atoms with Crippen LogP contribution >= 0.6 is 0 Å². The van der Waals surface area contributed by atoms with Crippen LogP contribution in [0.15, 0.2) is 34.9 Å². The Morgan fingerprint density at radius 2 is 1.70 bits per heavy atom. The van der Waals surface area contributed by atoms with Crippen molar-refractivity contribution in [2.45, 2.75) is 13.0 Å². The maximum atomic E-state index is 13.1. The van der Waals surface area contributed by atoms with E-state index < -0.39 is 5.97 Å². The number of ether oxygens (including phenoxy) is 4. The molecule has 0 unspecified atom stereocenters. The molecule has 0 radical (unpaired) electrons. The first-order valence-corrected chi connectivity index (χ1v) is 8.22. The Morgan fingerprint density at radius 1 is 1.04 bits per heavy atom. The van der Waals surface area contributed by atoms with E-state index in [-0.39, 0.29) is 25.4 Å². The highest BCUT2D eigenvalue weighted by Gasteiger charge is 2.22. The Labute approximate surface area is 157 Å². The third-order valence-corrected chi connectivity index (χ3v) is 3.94. The minimum Gasteiger partial charge on any atom is -0.493 e. The lowest BCUT2D eigenvalue weighted by Gasteiger charge is -2.22. The molecule has 0 aliphatic heterocycles. The van der Waals surface area contributed by atoms with Crippen LogP contribution in [0.2, 0.25) is 0 Å². The molecular formula is C19H23NO7. The number of rotatable bonds is 9. The zero-order chi connectivity index (χ0) is 19.8. The summed E-state index contributed by atoms with van der Waals surface area (Å²) in [5.74, 6) is 1.01. The molecule has 8 nitrogen and oxygen atoms in total. The molecular weight excluding hydrogens is 354 g/mol. The number of hydrogen-bond acceptors (Lipinski definition) is 7. The Balaban J connectivity index is 2.33. The van der Waals surface area contributed by atoms with Crippen LogP contribution in [-0.4, -0.2) is 51.8 Å². The van der Waals surface area contributed by atoms with Crippen molar-refractivity contribution in [1.29, 1.82) is 0 Å². The zero-order valence-electron chi connectivity index (χ0n) is 15.8. The lowest BCUT2D eigenvalue weighted by molar-refractivity contribution is -0.140. The fraction of sp³-hybridized carbons (Fsp3) is 0.368. The van der Waals surface area contributed by atoms with Gasteiger partial charge in [0.05, 0.1) is 47.7 Å². The van der Waals surface area contributed by atoms with Crippen LogP contribution in [0.25, 0.3) is 0 Å². The molecule has 2 rings (SSSR count). The van der Waals surface area contributed by atoms with Gasteiger partial charge in [0.2, 0.25) is 5.75 Å². The summed E-state index contributed by atoms with van der Waals surface area (Å²) < 4.78 is 25.9. The first-order chi connectivity index (χ1) is 13.0. The predicted molar refractivity (Wildman–Crippen MR) is 96.2 cm³/mol. The molecule has 0 fully saturated rings. The van der Waals surface area contributed by atoms with E-state index in [2.05, 4.69) is 4.74 Å². The Hall–Kier alpha value is -3.16. The summed E-state index contributed by atoms with van der Waals surface area (Å²) in [6.07, 6.45) is 1.59. The number of nitrogens with zero attached hydrogens (tertiary/aromatic N) is 1. The molecule has 146 valence electrons. The number of furan rings is 1. The predicted octanol–water partition coefficient (Wildman–Crippen LogP) is 2.51. The Kier molecular flexibility index (Phi) is 7.10. The molecule has 1 aromatic heterocycles. The lowest BCUT2D eigenvalue weighted by Crippen LogP contribution is -2.32. The number of methoxy groups -OCH3 is 4. The van der Waals surface area contributed by atoms with E-state index in [0.29, 0.717) is 28.6 Å². The van der Waals surface area contributed by atoms with Gasteiger partial charge in [-0.15, -0.1) is 0 Å². The molecule has 0 saturated heterocycles. The maximum absolute atomic E-state index is 13.1. The van der Waals surface area contributed by atoms with Crippen LogP contribution < -0.4 is 14.2 Å². The molecule has 8 heteroatoms. The fourth-order valence-corrected chi connectivity index (χ4v) is 2.56. The van der Waals surface area contributed by atoms with Gasteiger partial charge in [-0.3, -0.25) is 9.59 Å². The molecule has 0 saturated carbocycles. The van der Waals surface area contributed by atoms with Crippen LogP contribution in [0.1, 0.15) is 22.5 Å². The van der Waals surface area contributed by atoms with E-state index in [1.165, 1.54) is 39.6 Å². The van der Waals surface area contributed by atoms with Gasteiger partial charge in [-0.2, -0.15) is 0 Å². The number of carbonyl (C=O) groups is 2. The molecule has 0 bridgehead atoms. The van der Waals surface area contributed by atoms with Gasteiger partial charge in [0, 0.05) is 12.1 Å². The summed E-state index contributed by atoms with van der Waals surface area (Å²) in [6, 6.07) is 6.62. The molecule has 0 spiro atoms. The molecule has 1 amide bonds. The average molecular weight is 377 g/mol. The van der Waals surface area contributed by atoms with E-state index in [9.17, 15) is 9.59 Å². The number of amides is 1. The highest BCUT2D eigenvalue weighted by molar-refractivity contribution is 5.95. The molecule has 0 N–H and O–H groups in total. The first kappa shape index (κ1) is 20.2. The largest absolute Gasteiger partial charge is 0.493 e. The van der Waals surface area contributed by atoms with Gasteiger partial charge in [-0.25, -0.2) is 0 Å². The number of esters is 1. The summed E-state index contributed by atoms with van der Waals surface area (Å²) >= 11 is 0. The topological polar surface area (TPSA) is 87.4 Å². The number of benzene rings is 1. The van der Waals surface area contributed by atoms with Crippen molar-refractivity contribution in [3.63, 3.8) is 0 Å². The van der Waals surface area contributed by atoms with Gasteiger partial charge in [0.15, 0.2) is 11.5 Å². The van der Waals surface area contributed by atoms with Gasteiger partial charge < -0.3 is 28.3 Å². The van der Waals surface area contributed by atoms with Gasteiger partial charge >= 0.3 is 5.97 Å². The van der Waals surface area contributed by atoms with E-state index in [0.717, 1.165) is 0 Å². The summed E-state index contributed by atoms with van der Waals surface area (Å²) in [4.78, 5) is 26.1. The SMILES string of the molecule is COC(=O)CCN(Cc1ccco1)C(=O)c1cc(OC)c(OC)c(OC)c1. The van der Waals surface area contributed by atoms with Crippen molar-refractivity contribution < 1.29 is 33.0 Å².